The number of piperidine rings is 1. The number of nitrogens with zero attached hydrogens (tertiary/aromatic N) is 6. The lowest BCUT2D eigenvalue weighted by atomic mass is 10.1. The number of piperazine rings is 1. The molecule has 0 radical (unpaired) electrons. The number of anilines is 1. The van der Waals surface area contributed by atoms with E-state index < -0.39 is 24.6 Å². The number of benzene rings is 2. The van der Waals surface area contributed by atoms with Crippen LogP contribution in [0, 0.1) is 5.82 Å². The summed E-state index contributed by atoms with van der Waals surface area (Å²) in [6.45, 7) is 2.56. The summed E-state index contributed by atoms with van der Waals surface area (Å²) in [5, 5.41) is 2.90. The molecule has 5 rings (SSSR count). The summed E-state index contributed by atoms with van der Waals surface area (Å²) in [5.41, 5.74) is 1.43. The van der Waals surface area contributed by atoms with Crippen LogP contribution in [0.1, 0.15) is 35.2 Å². The SMILES string of the molecule is O=C(CN1CCN(C(=O)c2cccc(-c3nc(NCc4ccc(F)cc4)nc(OCC(F)(F)F)n3)c2)CC1)N1CCCCC1. The Labute approximate surface area is 252 Å². The molecule has 3 aromatic rings. The van der Waals surface area contributed by atoms with Gasteiger partial charge in [-0.25, -0.2) is 4.39 Å². The molecule has 0 unspecified atom stereocenters. The zero-order valence-corrected chi connectivity index (χ0v) is 24.0. The first-order chi connectivity index (χ1) is 21.1. The third-order valence-corrected chi connectivity index (χ3v) is 7.44. The fourth-order valence-electron chi connectivity index (χ4n) is 5.08. The molecule has 2 aromatic carbocycles. The Morgan fingerprint density at radius 2 is 1.59 bits per heavy atom. The van der Waals surface area contributed by atoms with E-state index in [1.165, 1.54) is 12.1 Å². The number of carbonyl (C=O) groups is 2. The standard InChI is InChI=1S/C30H33F4N7O3/c31-24-9-7-21(8-10-24)18-35-28-36-26(37-29(38-28)44-20-30(32,33)34)22-5-4-6-23(17-22)27(43)41-15-13-39(14-16-41)19-25(42)40-11-2-1-3-12-40/h4-10,17H,1-3,11-16,18-20H2,(H,35,36,37,38). The van der Waals surface area contributed by atoms with E-state index >= 15 is 0 Å². The van der Waals surface area contributed by atoms with E-state index in [1.807, 2.05) is 4.90 Å². The van der Waals surface area contributed by atoms with E-state index in [2.05, 4.69) is 25.2 Å². The van der Waals surface area contributed by atoms with Crippen molar-refractivity contribution in [1.29, 1.82) is 0 Å². The van der Waals surface area contributed by atoms with Gasteiger partial charge in [-0.1, -0.05) is 24.3 Å². The third kappa shape index (κ3) is 8.62. The van der Waals surface area contributed by atoms with Gasteiger partial charge in [0.1, 0.15) is 5.82 Å². The highest BCUT2D eigenvalue weighted by Gasteiger charge is 2.30. The van der Waals surface area contributed by atoms with Crippen LogP contribution in [-0.4, -0.2) is 100 Å². The van der Waals surface area contributed by atoms with Crippen LogP contribution in [0.15, 0.2) is 48.5 Å². The molecule has 2 fully saturated rings. The van der Waals surface area contributed by atoms with E-state index in [1.54, 1.807) is 41.3 Å². The predicted octanol–water partition coefficient (Wildman–Crippen LogP) is 4.00. The van der Waals surface area contributed by atoms with Crippen LogP contribution in [0.25, 0.3) is 11.4 Å². The molecule has 0 aliphatic carbocycles. The van der Waals surface area contributed by atoms with Crippen LogP contribution in [0.3, 0.4) is 0 Å². The second-order valence-electron chi connectivity index (χ2n) is 10.7. The average molecular weight is 616 g/mol. The van der Waals surface area contributed by atoms with Gasteiger partial charge in [0.05, 0.1) is 6.54 Å². The molecule has 0 saturated carbocycles. The molecular weight excluding hydrogens is 582 g/mol. The number of nitrogens with one attached hydrogen (secondary N) is 1. The van der Waals surface area contributed by atoms with Crippen molar-refractivity contribution in [3.05, 3.63) is 65.5 Å². The first kappa shape index (κ1) is 31.1. The minimum atomic E-state index is -4.61. The Bertz CT molecular complexity index is 1440. The molecule has 0 bridgehead atoms. The van der Waals surface area contributed by atoms with Gasteiger partial charge in [0.25, 0.3) is 5.91 Å². The molecule has 2 saturated heterocycles. The number of aromatic nitrogens is 3. The first-order valence-electron chi connectivity index (χ1n) is 14.5. The smallest absolute Gasteiger partial charge is 0.422 e. The Hall–Kier alpha value is -4.33. The Balaban J connectivity index is 1.26. The lowest BCUT2D eigenvalue weighted by molar-refractivity contribution is -0.154. The van der Waals surface area contributed by atoms with Crippen LogP contribution in [0.2, 0.25) is 0 Å². The number of rotatable bonds is 9. The van der Waals surface area contributed by atoms with Gasteiger partial charge < -0.3 is 19.9 Å². The number of likely N-dealkylation sites (tertiary alicyclic amines) is 1. The maximum atomic E-state index is 13.4. The lowest BCUT2D eigenvalue weighted by Gasteiger charge is -2.36. The number of ether oxygens (including phenoxy) is 1. The van der Waals surface area contributed by atoms with E-state index in [0.717, 1.165) is 32.4 Å². The minimum absolute atomic E-state index is 0.00877. The summed E-state index contributed by atoms with van der Waals surface area (Å²) in [6.07, 6.45) is -1.38. The minimum Gasteiger partial charge on any atom is -0.454 e. The van der Waals surface area contributed by atoms with Crippen molar-refractivity contribution in [1.82, 2.24) is 29.7 Å². The van der Waals surface area contributed by atoms with Crippen molar-refractivity contribution in [3.8, 4) is 17.4 Å². The maximum absolute atomic E-state index is 13.4. The fourth-order valence-corrected chi connectivity index (χ4v) is 5.08. The van der Waals surface area contributed by atoms with Crippen molar-refractivity contribution in [2.24, 2.45) is 0 Å². The number of hydrogen-bond donors (Lipinski definition) is 1. The van der Waals surface area contributed by atoms with Crippen LogP contribution >= 0.6 is 0 Å². The average Bonchev–Trinajstić information content (AvgIpc) is 3.03. The van der Waals surface area contributed by atoms with E-state index in [-0.39, 0.29) is 30.1 Å². The molecule has 0 atom stereocenters. The molecule has 10 nitrogen and oxygen atoms in total. The molecule has 234 valence electrons. The van der Waals surface area contributed by atoms with Crippen molar-refractivity contribution in [2.75, 3.05) is 57.7 Å². The Morgan fingerprint density at radius 3 is 2.30 bits per heavy atom. The normalized spacial score (nSPS) is 16.1. The van der Waals surface area contributed by atoms with Gasteiger partial charge >= 0.3 is 12.2 Å². The molecule has 2 aliphatic rings. The fraction of sp³-hybridized carbons (Fsp3) is 0.433. The number of halogens is 4. The highest BCUT2D eigenvalue weighted by Crippen LogP contribution is 2.23. The molecule has 1 aromatic heterocycles. The zero-order valence-electron chi connectivity index (χ0n) is 24.0. The number of alkyl halides is 3. The molecular formula is C30H33F4N7O3. The molecule has 14 heteroatoms. The summed E-state index contributed by atoms with van der Waals surface area (Å²) in [7, 11) is 0. The summed E-state index contributed by atoms with van der Waals surface area (Å²) < 4.78 is 56.6. The van der Waals surface area contributed by atoms with Crippen molar-refractivity contribution in [2.45, 2.75) is 32.0 Å². The number of hydrogen-bond acceptors (Lipinski definition) is 8. The van der Waals surface area contributed by atoms with Crippen molar-refractivity contribution in [3.63, 3.8) is 0 Å². The van der Waals surface area contributed by atoms with Crippen molar-refractivity contribution >= 4 is 17.8 Å². The Morgan fingerprint density at radius 1 is 0.864 bits per heavy atom. The Kier molecular flexibility index (Phi) is 9.88. The molecule has 1 N–H and O–H groups in total. The second kappa shape index (κ2) is 14.0. The summed E-state index contributed by atoms with van der Waals surface area (Å²) in [4.78, 5) is 44.0. The monoisotopic (exact) mass is 615 g/mol. The van der Waals surface area contributed by atoms with Gasteiger partial charge in [0, 0.05) is 56.9 Å². The topological polar surface area (TPSA) is 104 Å². The van der Waals surface area contributed by atoms with Gasteiger partial charge in [-0.05, 0) is 49.1 Å². The van der Waals surface area contributed by atoms with Crippen LogP contribution < -0.4 is 10.1 Å². The largest absolute Gasteiger partial charge is 0.454 e. The molecule has 2 amide bonds. The van der Waals surface area contributed by atoms with Gasteiger partial charge in [-0.15, -0.1) is 0 Å². The third-order valence-electron chi connectivity index (χ3n) is 7.44. The molecule has 2 aliphatic heterocycles. The molecule has 3 heterocycles. The highest BCUT2D eigenvalue weighted by molar-refractivity contribution is 5.95. The van der Waals surface area contributed by atoms with Crippen LogP contribution in [0.4, 0.5) is 23.5 Å². The van der Waals surface area contributed by atoms with Gasteiger partial charge in [0.15, 0.2) is 12.4 Å². The number of carbonyl (C=O) groups excluding carboxylic acids is 2. The van der Waals surface area contributed by atoms with Gasteiger partial charge in [-0.2, -0.15) is 28.1 Å². The molecule has 0 spiro atoms. The maximum Gasteiger partial charge on any atom is 0.422 e. The summed E-state index contributed by atoms with van der Waals surface area (Å²) in [6, 6.07) is 11.6. The summed E-state index contributed by atoms with van der Waals surface area (Å²) in [5.74, 6) is -0.540. The van der Waals surface area contributed by atoms with Gasteiger partial charge in [0.2, 0.25) is 11.9 Å². The molecule has 44 heavy (non-hydrogen) atoms. The highest BCUT2D eigenvalue weighted by atomic mass is 19.4. The summed E-state index contributed by atoms with van der Waals surface area (Å²) >= 11 is 0. The van der Waals surface area contributed by atoms with Crippen LogP contribution in [-0.2, 0) is 11.3 Å². The van der Waals surface area contributed by atoms with Crippen molar-refractivity contribution < 1.29 is 31.9 Å². The second-order valence-corrected chi connectivity index (χ2v) is 10.7. The lowest BCUT2D eigenvalue weighted by Crippen LogP contribution is -2.52. The quantitative estimate of drug-likeness (QED) is 0.361. The van der Waals surface area contributed by atoms with Gasteiger partial charge in [-0.3, -0.25) is 14.5 Å². The predicted molar refractivity (Wildman–Crippen MR) is 153 cm³/mol. The van der Waals surface area contributed by atoms with E-state index in [0.29, 0.717) is 49.4 Å². The van der Waals surface area contributed by atoms with E-state index in [4.69, 9.17) is 4.74 Å². The number of amides is 2. The van der Waals surface area contributed by atoms with Crippen LogP contribution in [0.5, 0.6) is 6.01 Å². The zero-order chi connectivity index (χ0) is 31.1. The first-order valence-corrected chi connectivity index (χ1v) is 14.5. The van der Waals surface area contributed by atoms with E-state index in [9.17, 15) is 27.2 Å².